The van der Waals surface area contributed by atoms with Crippen LogP contribution in [-0.2, 0) is 0 Å². The van der Waals surface area contributed by atoms with Gasteiger partial charge in [-0.05, 0) is 26.3 Å². The van der Waals surface area contributed by atoms with Gasteiger partial charge in [-0.15, -0.1) is 0 Å². The molecule has 100 valence electrons. The van der Waals surface area contributed by atoms with Crippen molar-refractivity contribution in [3.8, 4) is 11.3 Å². The number of hydrogen-bond acceptors (Lipinski definition) is 3. The molecule has 0 saturated carbocycles. The van der Waals surface area contributed by atoms with Crippen LogP contribution in [0.3, 0.4) is 0 Å². The number of anilines is 1. The van der Waals surface area contributed by atoms with Crippen molar-refractivity contribution in [3.05, 3.63) is 40.7 Å². The van der Waals surface area contributed by atoms with E-state index in [0.29, 0.717) is 5.02 Å². The Hall–Kier alpha value is -1.61. The highest BCUT2D eigenvalue weighted by molar-refractivity contribution is 6.33. The summed E-state index contributed by atoms with van der Waals surface area (Å²) in [4.78, 5) is 9.00. The van der Waals surface area contributed by atoms with Crippen LogP contribution in [0.4, 0.5) is 5.82 Å². The molecule has 19 heavy (non-hydrogen) atoms. The van der Waals surface area contributed by atoms with E-state index in [1.54, 1.807) is 0 Å². The molecule has 0 spiro atoms. The first-order valence-electron chi connectivity index (χ1n) is 6.47. The number of nitrogens with one attached hydrogen (secondary N) is 1. The minimum Gasteiger partial charge on any atom is -0.370 e. The quantitative estimate of drug-likeness (QED) is 0.907. The summed E-state index contributed by atoms with van der Waals surface area (Å²) >= 11 is 6.26. The van der Waals surface area contributed by atoms with Crippen molar-refractivity contribution in [1.29, 1.82) is 0 Å². The second-order valence-corrected chi connectivity index (χ2v) is 4.91. The molecule has 1 aromatic heterocycles. The topological polar surface area (TPSA) is 37.8 Å². The van der Waals surface area contributed by atoms with Crippen LogP contribution < -0.4 is 5.32 Å². The Morgan fingerprint density at radius 1 is 1.16 bits per heavy atom. The van der Waals surface area contributed by atoms with Crippen LogP contribution >= 0.6 is 11.6 Å². The lowest BCUT2D eigenvalue weighted by molar-refractivity contribution is 0.948. The van der Waals surface area contributed by atoms with E-state index >= 15 is 0 Å². The van der Waals surface area contributed by atoms with Crippen molar-refractivity contribution in [2.75, 3.05) is 11.9 Å². The zero-order valence-electron chi connectivity index (χ0n) is 11.5. The highest BCUT2D eigenvalue weighted by Gasteiger charge is 2.12. The lowest BCUT2D eigenvalue weighted by Crippen LogP contribution is -2.07. The lowest BCUT2D eigenvalue weighted by Gasteiger charge is -2.13. The fourth-order valence-corrected chi connectivity index (χ4v) is 2.18. The van der Waals surface area contributed by atoms with Gasteiger partial charge in [-0.25, -0.2) is 9.97 Å². The first-order chi connectivity index (χ1) is 9.13. The summed E-state index contributed by atoms with van der Waals surface area (Å²) in [5, 5.41) is 4.05. The molecule has 0 unspecified atom stereocenters. The largest absolute Gasteiger partial charge is 0.370 e. The predicted octanol–water partition coefficient (Wildman–Crippen LogP) is 4.24. The van der Waals surface area contributed by atoms with Gasteiger partial charge in [0.15, 0.2) is 0 Å². The van der Waals surface area contributed by atoms with Gasteiger partial charge in [0.2, 0.25) is 0 Å². The highest BCUT2D eigenvalue weighted by Crippen LogP contribution is 2.31. The molecule has 4 heteroatoms. The zero-order valence-corrected chi connectivity index (χ0v) is 12.3. The van der Waals surface area contributed by atoms with Gasteiger partial charge in [-0.1, -0.05) is 36.7 Å². The monoisotopic (exact) mass is 275 g/mol. The molecule has 3 nitrogen and oxygen atoms in total. The smallest absolute Gasteiger partial charge is 0.133 e. The average molecular weight is 276 g/mol. The maximum atomic E-state index is 6.26. The van der Waals surface area contributed by atoms with Crippen molar-refractivity contribution in [2.45, 2.75) is 27.2 Å². The van der Waals surface area contributed by atoms with Crippen molar-refractivity contribution < 1.29 is 0 Å². The van der Waals surface area contributed by atoms with E-state index in [1.807, 2.05) is 38.1 Å². The third kappa shape index (κ3) is 3.04. The standard InChI is InChI=1S/C15H18ClN3/c1-4-9-17-15-10(2)14(18-11(3)19-15)12-7-5-6-8-13(12)16/h5-8H,4,9H2,1-3H3,(H,17,18,19). The number of nitrogens with zero attached hydrogens (tertiary/aromatic N) is 2. The van der Waals surface area contributed by atoms with E-state index in [1.165, 1.54) is 0 Å². The van der Waals surface area contributed by atoms with Crippen molar-refractivity contribution >= 4 is 17.4 Å². The van der Waals surface area contributed by atoms with E-state index in [4.69, 9.17) is 11.6 Å². The van der Waals surface area contributed by atoms with Crippen molar-refractivity contribution in [1.82, 2.24) is 9.97 Å². The first-order valence-corrected chi connectivity index (χ1v) is 6.85. The van der Waals surface area contributed by atoms with Gasteiger partial charge in [-0.3, -0.25) is 0 Å². The van der Waals surface area contributed by atoms with Gasteiger partial charge in [0, 0.05) is 22.7 Å². The van der Waals surface area contributed by atoms with Crippen LogP contribution in [-0.4, -0.2) is 16.5 Å². The van der Waals surface area contributed by atoms with Gasteiger partial charge in [0.05, 0.1) is 5.69 Å². The second kappa shape index (κ2) is 6.02. The zero-order chi connectivity index (χ0) is 13.8. The molecule has 0 radical (unpaired) electrons. The third-order valence-electron chi connectivity index (χ3n) is 2.93. The molecule has 0 aliphatic heterocycles. The molecule has 0 amide bonds. The van der Waals surface area contributed by atoms with Gasteiger partial charge >= 0.3 is 0 Å². The van der Waals surface area contributed by atoms with E-state index < -0.39 is 0 Å². The van der Waals surface area contributed by atoms with Crippen LogP contribution in [0.5, 0.6) is 0 Å². The van der Waals surface area contributed by atoms with E-state index in [9.17, 15) is 0 Å². The molecular weight excluding hydrogens is 258 g/mol. The number of rotatable bonds is 4. The Labute approximate surface area is 119 Å². The maximum Gasteiger partial charge on any atom is 0.133 e. The normalized spacial score (nSPS) is 10.5. The van der Waals surface area contributed by atoms with Crippen LogP contribution in [0.1, 0.15) is 24.7 Å². The number of halogens is 1. The summed E-state index contributed by atoms with van der Waals surface area (Å²) in [6, 6.07) is 7.76. The fraction of sp³-hybridized carbons (Fsp3) is 0.333. The number of hydrogen-bond donors (Lipinski definition) is 1. The van der Waals surface area contributed by atoms with Crippen LogP contribution in [0.2, 0.25) is 5.02 Å². The summed E-state index contributed by atoms with van der Waals surface area (Å²) in [7, 11) is 0. The van der Waals surface area contributed by atoms with E-state index in [-0.39, 0.29) is 0 Å². The fourth-order valence-electron chi connectivity index (χ4n) is 1.96. The minimum atomic E-state index is 0.713. The predicted molar refractivity (Wildman–Crippen MR) is 80.7 cm³/mol. The molecule has 0 saturated heterocycles. The molecule has 1 heterocycles. The number of aryl methyl sites for hydroxylation is 1. The Bertz CT molecular complexity index is 582. The molecule has 1 N–H and O–H groups in total. The summed E-state index contributed by atoms with van der Waals surface area (Å²) < 4.78 is 0. The Morgan fingerprint density at radius 3 is 2.58 bits per heavy atom. The van der Waals surface area contributed by atoms with Crippen LogP contribution in [0.25, 0.3) is 11.3 Å². The van der Waals surface area contributed by atoms with Crippen LogP contribution in [0.15, 0.2) is 24.3 Å². The second-order valence-electron chi connectivity index (χ2n) is 4.50. The Morgan fingerprint density at radius 2 is 1.89 bits per heavy atom. The summed E-state index contributed by atoms with van der Waals surface area (Å²) in [5.41, 5.74) is 2.88. The van der Waals surface area contributed by atoms with Gasteiger partial charge in [0.1, 0.15) is 11.6 Å². The molecule has 2 aromatic rings. The van der Waals surface area contributed by atoms with Gasteiger partial charge < -0.3 is 5.32 Å². The Balaban J connectivity index is 2.52. The third-order valence-corrected chi connectivity index (χ3v) is 3.26. The van der Waals surface area contributed by atoms with E-state index in [2.05, 4.69) is 22.2 Å². The molecule has 0 aliphatic carbocycles. The Kier molecular flexibility index (Phi) is 4.38. The van der Waals surface area contributed by atoms with Gasteiger partial charge in [0.25, 0.3) is 0 Å². The molecule has 0 bridgehead atoms. The van der Waals surface area contributed by atoms with Crippen molar-refractivity contribution in [2.24, 2.45) is 0 Å². The summed E-state index contributed by atoms with van der Waals surface area (Å²) in [6.45, 7) is 6.96. The van der Waals surface area contributed by atoms with Crippen LogP contribution in [0, 0.1) is 13.8 Å². The number of benzene rings is 1. The minimum absolute atomic E-state index is 0.713. The molecule has 0 fully saturated rings. The molecule has 2 rings (SSSR count). The lowest BCUT2D eigenvalue weighted by atomic mass is 10.1. The van der Waals surface area contributed by atoms with Crippen molar-refractivity contribution in [3.63, 3.8) is 0 Å². The van der Waals surface area contributed by atoms with E-state index in [0.717, 1.165) is 41.4 Å². The molecule has 0 atom stereocenters. The molecule has 0 aliphatic rings. The first kappa shape index (κ1) is 13.8. The molecular formula is C15H18ClN3. The highest BCUT2D eigenvalue weighted by atomic mass is 35.5. The van der Waals surface area contributed by atoms with Gasteiger partial charge in [-0.2, -0.15) is 0 Å². The summed E-state index contributed by atoms with van der Waals surface area (Å²) in [5.74, 6) is 1.64. The number of aromatic nitrogens is 2. The summed E-state index contributed by atoms with van der Waals surface area (Å²) in [6.07, 6.45) is 1.06. The maximum absolute atomic E-state index is 6.26. The molecule has 1 aromatic carbocycles. The SMILES string of the molecule is CCCNc1nc(C)nc(-c2ccccc2Cl)c1C. The average Bonchev–Trinajstić information content (AvgIpc) is 2.40.